The van der Waals surface area contributed by atoms with Gasteiger partial charge in [-0.25, -0.2) is 0 Å². The van der Waals surface area contributed by atoms with Gasteiger partial charge in [0, 0.05) is 25.6 Å². The molecular weight excluding hydrogens is 382 g/mol. The molecule has 2 atom stereocenters. The van der Waals surface area contributed by atoms with Crippen LogP contribution in [0.5, 0.6) is 5.75 Å². The summed E-state index contributed by atoms with van der Waals surface area (Å²) in [7, 11) is 0. The molecule has 1 saturated heterocycles. The van der Waals surface area contributed by atoms with E-state index in [4.69, 9.17) is 9.47 Å². The normalized spacial score (nSPS) is 18.1. The molecule has 3 aromatic rings. The van der Waals surface area contributed by atoms with Gasteiger partial charge in [0.15, 0.2) is 0 Å². The van der Waals surface area contributed by atoms with E-state index in [2.05, 4.69) is 104 Å². The first-order chi connectivity index (χ1) is 15.2. The van der Waals surface area contributed by atoms with Crippen molar-refractivity contribution in [2.24, 2.45) is 0 Å². The molecule has 3 aromatic carbocycles. The second-order valence-electron chi connectivity index (χ2n) is 8.63. The van der Waals surface area contributed by atoms with E-state index in [-0.39, 0.29) is 18.1 Å². The van der Waals surface area contributed by atoms with E-state index in [0.29, 0.717) is 0 Å². The highest BCUT2D eigenvalue weighted by molar-refractivity contribution is 5.36. The van der Waals surface area contributed by atoms with E-state index in [1.165, 1.54) is 16.7 Å². The van der Waals surface area contributed by atoms with Gasteiger partial charge in [0.05, 0.1) is 18.8 Å². The molecule has 4 rings (SSSR count). The molecule has 0 radical (unpaired) electrons. The Labute approximate surface area is 186 Å². The second-order valence-corrected chi connectivity index (χ2v) is 8.63. The molecule has 1 fully saturated rings. The number of rotatable bonds is 8. The Bertz CT molecular complexity index is 926. The summed E-state index contributed by atoms with van der Waals surface area (Å²) in [6.07, 6.45) is 1.20. The van der Waals surface area contributed by atoms with Crippen LogP contribution in [0.25, 0.3) is 0 Å². The number of benzene rings is 3. The van der Waals surface area contributed by atoms with Crippen LogP contribution in [0.15, 0.2) is 84.9 Å². The van der Waals surface area contributed by atoms with Crippen molar-refractivity contribution in [1.82, 2.24) is 4.90 Å². The largest absolute Gasteiger partial charge is 0.491 e. The van der Waals surface area contributed by atoms with Crippen LogP contribution < -0.4 is 4.74 Å². The first-order valence-corrected chi connectivity index (χ1v) is 11.4. The fourth-order valence-corrected chi connectivity index (χ4v) is 4.40. The molecule has 31 heavy (non-hydrogen) atoms. The van der Waals surface area contributed by atoms with Gasteiger partial charge in [0.25, 0.3) is 0 Å². The maximum atomic E-state index is 6.37. The first-order valence-electron chi connectivity index (χ1n) is 11.4. The molecule has 3 nitrogen and oxygen atoms in total. The van der Waals surface area contributed by atoms with Gasteiger partial charge in [-0.2, -0.15) is 0 Å². The maximum absolute atomic E-state index is 6.37. The molecule has 3 heteroatoms. The van der Waals surface area contributed by atoms with Gasteiger partial charge in [0.2, 0.25) is 0 Å². The number of hydrogen-bond acceptors (Lipinski definition) is 3. The van der Waals surface area contributed by atoms with Crippen LogP contribution in [0.1, 0.15) is 36.5 Å². The van der Waals surface area contributed by atoms with Crippen molar-refractivity contribution in [2.75, 3.05) is 19.7 Å². The molecule has 1 aliphatic rings. The number of nitrogens with zero attached hydrogens (tertiary/aromatic N) is 1. The topological polar surface area (TPSA) is 21.7 Å². The summed E-state index contributed by atoms with van der Waals surface area (Å²) in [5.41, 5.74) is 3.93. The van der Waals surface area contributed by atoms with Crippen molar-refractivity contribution in [1.29, 1.82) is 0 Å². The van der Waals surface area contributed by atoms with Crippen molar-refractivity contribution in [3.05, 3.63) is 102 Å². The van der Waals surface area contributed by atoms with Gasteiger partial charge >= 0.3 is 0 Å². The van der Waals surface area contributed by atoms with Crippen molar-refractivity contribution in [2.45, 2.75) is 44.9 Å². The monoisotopic (exact) mass is 415 g/mol. The maximum Gasteiger partial charge on any atom is 0.122 e. The zero-order valence-electron chi connectivity index (χ0n) is 18.6. The van der Waals surface area contributed by atoms with E-state index in [1.54, 1.807) is 0 Å². The average molecular weight is 416 g/mol. The van der Waals surface area contributed by atoms with Crippen LogP contribution >= 0.6 is 0 Å². The van der Waals surface area contributed by atoms with Crippen LogP contribution in [-0.2, 0) is 17.7 Å². The Hall–Kier alpha value is -2.62. The average Bonchev–Trinajstić information content (AvgIpc) is 2.79. The molecule has 0 bridgehead atoms. The minimum Gasteiger partial charge on any atom is -0.491 e. The highest BCUT2D eigenvalue weighted by Gasteiger charge is 2.30. The lowest BCUT2D eigenvalue weighted by Gasteiger charge is -2.37. The van der Waals surface area contributed by atoms with Crippen molar-refractivity contribution in [3.63, 3.8) is 0 Å². The minimum absolute atomic E-state index is 0.145. The highest BCUT2D eigenvalue weighted by atomic mass is 16.5. The molecule has 0 aliphatic carbocycles. The van der Waals surface area contributed by atoms with Crippen molar-refractivity contribution >= 4 is 0 Å². The van der Waals surface area contributed by atoms with Crippen LogP contribution in [0.3, 0.4) is 0 Å². The summed E-state index contributed by atoms with van der Waals surface area (Å²) in [5.74, 6) is 1.26. The van der Waals surface area contributed by atoms with E-state index in [9.17, 15) is 0 Å². The Balaban J connectivity index is 1.56. The summed E-state index contributed by atoms with van der Waals surface area (Å²) in [6.45, 7) is 7.80. The van der Waals surface area contributed by atoms with Crippen molar-refractivity contribution < 1.29 is 9.47 Å². The molecule has 1 unspecified atom stereocenters. The third-order valence-corrected chi connectivity index (χ3v) is 5.88. The third-order valence-electron chi connectivity index (χ3n) is 5.88. The van der Waals surface area contributed by atoms with Crippen LogP contribution in [-0.4, -0.2) is 36.8 Å². The highest BCUT2D eigenvalue weighted by Crippen LogP contribution is 2.32. The Morgan fingerprint density at radius 1 is 0.903 bits per heavy atom. The Morgan fingerprint density at radius 3 is 2.32 bits per heavy atom. The third kappa shape index (κ3) is 5.96. The molecule has 0 spiro atoms. The summed E-state index contributed by atoms with van der Waals surface area (Å²) in [6, 6.07) is 30.0. The van der Waals surface area contributed by atoms with Gasteiger partial charge in [-0.1, -0.05) is 78.9 Å². The number of hydrogen-bond donors (Lipinski definition) is 0. The van der Waals surface area contributed by atoms with Gasteiger partial charge in [-0.05, 0) is 43.0 Å². The zero-order chi connectivity index (χ0) is 21.5. The van der Waals surface area contributed by atoms with E-state index in [1.807, 2.05) is 0 Å². The van der Waals surface area contributed by atoms with E-state index in [0.717, 1.165) is 38.4 Å². The smallest absolute Gasteiger partial charge is 0.122 e. The van der Waals surface area contributed by atoms with E-state index >= 15 is 0 Å². The quantitative estimate of drug-likeness (QED) is 0.471. The molecule has 1 heterocycles. The molecular formula is C28H33NO2. The lowest BCUT2D eigenvalue weighted by Crippen LogP contribution is -2.45. The minimum atomic E-state index is 0.145. The fraction of sp³-hybridized carbons (Fsp3) is 0.357. The summed E-state index contributed by atoms with van der Waals surface area (Å²) >= 11 is 0. The summed E-state index contributed by atoms with van der Waals surface area (Å²) in [5, 5.41) is 0. The summed E-state index contributed by atoms with van der Waals surface area (Å²) < 4.78 is 12.5. The lowest BCUT2D eigenvalue weighted by molar-refractivity contribution is -0.0445. The standard InChI is InChI=1S/C28H33NO2/c1-22(2)31-27-16-10-9-15-25(27)19-26(24-13-7-4-8-14-24)28-21-29(17-18-30-28)20-23-11-5-3-6-12-23/h3-16,22,26,28H,17-21H2,1-2H3/t26?,28-/m0/s1. The second kappa shape index (κ2) is 10.6. The molecule has 162 valence electrons. The van der Waals surface area contributed by atoms with Gasteiger partial charge in [-0.3, -0.25) is 4.90 Å². The van der Waals surface area contributed by atoms with Crippen LogP contribution in [0.2, 0.25) is 0 Å². The molecule has 0 saturated carbocycles. The van der Waals surface area contributed by atoms with Crippen LogP contribution in [0, 0.1) is 0 Å². The van der Waals surface area contributed by atoms with Gasteiger partial charge < -0.3 is 9.47 Å². The zero-order valence-corrected chi connectivity index (χ0v) is 18.6. The summed E-state index contributed by atoms with van der Waals surface area (Å²) in [4.78, 5) is 2.52. The van der Waals surface area contributed by atoms with Gasteiger partial charge in [0.1, 0.15) is 5.75 Å². The predicted octanol–water partition coefficient (Wildman–Crippen LogP) is 5.70. The Morgan fingerprint density at radius 2 is 1.58 bits per heavy atom. The molecule has 0 amide bonds. The Kier molecular flexibility index (Phi) is 7.39. The van der Waals surface area contributed by atoms with Gasteiger partial charge in [-0.15, -0.1) is 0 Å². The van der Waals surface area contributed by atoms with Crippen LogP contribution in [0.4, 0.5) is 0 Å². The SMILES string of the molecule is CC(C)Oc1ccccc1CC(c1ccccc1)[C@@H]1CN(Cc2ccccc2)CCO1. The van der Waals surface area contributed by atoms with Crippen molar-refractivity contribution in [3.8, 4) is 5.75 Å². The molecule has 0 aromatic heterocycles. The number of para-hydroxylation sites is 1. The number of ether oxygens (including phenoxy) is 2. The lowest BCUT2D eigenvalue weighted by atomic mass is 9.86. The molecule has 1 aliphatic heterocycles. The number of morpholine rings is 1. The predicted molar refractivity (Wildman–Crippen MR) is 127 cm³/mol. The fourth-order valence-electron chi connectivity index (χ4n) is 4.40. The van der Waals surface area contributed by atoms with E-state index < -0.39 is 0 Å². The molecule has 0 N–H and O–H groups in total. The first kappa shape index (κ1) is 21.6.